The van der Waals surface area contributed by atoms with Crippen LogP contribution in [0.25, 0.3) is 22.4 Å². The number of rotatable bonds is 2. The highest BCUT2D eigenvalue weighted by Crippen LogP contribution is 2.29. The van der Waals surface area contributed by atoms with Gasteiger partial charge in [-0.2, -0.15) is 0 Å². The van der Waals surface area contributed by atoms with E-state index in [1.807, 2.05) is 13.2 Å². The summed E-state index contributed by atoms with van der Waals surface area (Å²) in [4.78, 5) is 16.8. The molecular formula is C15H16N4S. The zero-order valence-corrected chi connectivity index (χ0v) is 12.8. The summed E-state index contributed by atoms with van der Waals surface area (Å²) in [5, 5.41) is 0.749. The molecule has 1 aromatic carbocycles. The Bertz CT molecular complexity index is 792. The van der Waals surface area contributed by atoms with Crippen molar-refractivity contribution in [3.8, 4) is 11.3 Å². The van der Waals surface area contributed by atoms with E-state index >= 15 is 0 Å². The molecule has 3 aromatic rings. The minimum Gasteiger partial charge on any atom is -0.339 e. The minimum atomic E-state index is 0.733. The fraction of sp³-hybridized carbons (Fsp3) is 0.267. The zero-order chi connectivity index (χ0) is 14.3. The number of aromatic nitrogens is 4. The quantitative estimate of drug-likeness (QED) is 0.576. The maximum Gasteiger partial charge on any atom is 0.190 e. The highest BCUT2D eigenvalue weighted by molar-refractivity contribution is 7.98. The molecule has 0 saturated carbocycles. The first-order valence-corrected chi connectivity index (χ1v) is 7.67. The van der Waals surface area contributed by atoms with E-state index in [0.29, 0.717) is 0 Å². The average molecular weight is 284 g/mol. The number of aryl methyl sites for hydroxylation is 3. The van der Waals surface area contributed by atoms with Crippen LogP contribution in [0.2, 0.25) is 0 Å². The van der Waals surface area contributed by atoms with Crippen LogP contribution in [-0.4, -0.2) is 26.2 Å². The average Bonchev–Trinajstić information content (AvgIpc) is 2.78. The second-order valence-electron chi connectivity index (χ2n) is 4.90. The van der Waals surface area contributed by atoms with Crippen molar-refractivity contribution in [3.05, 3.63) is 35.2 Å². The topological polar surface area (TPSA) is 54.5 Å². The number of fused-ring (bicyclic) bond motifs is 1. The van der Waals surface area contributed by atoms with Crippen molar-refractivity contribution in [1.29, 1.82) is 0 Å². The standard InChI is InChI=1S/C15H16N4S/c1-8-5-6-11(9(2)7-8)12-13-14(17-10(3)16-13)19-15(18-12)20-4/h5-7H,1-4H3,(H,16,17,18,19). The van der Waals surface area contributed by atoms with Gasteiger partial charge in [-0.15, -0.1) is 0 Å². The molecule has 5 heteroatoms. The maximum atomic E-state index is 4.67. The van der Waals surface area contributed by atoms with Crippen molar-refractivity contribution < 1.29 is 0 Å². The third-order valence-corrected chi connectivity index (χ3v) is 3.82. The van der Waals surface area contributed by atoms with Crippen molar-refractivity contribution in [2.24, 2.45) is 0 Å². The van der Waals surface area contributed by atoms with E-state index in [-0.39, 0.29) is 0 Å². The number of H-pyrrole nitrogens is 1. The number of nitrogens with zero attached hydrogens (tertiary/aromatic N) is 3. The van der Waals surface area contributed by atoms with Crippen LogP contribution in [0.15, 0.2) is 23.4 Å². The van der Waals surface area contributed by atoms with Gasteiger partial charge in [0, 0.05) is 5.56 Å². The van der Waals surface area contributed by atoms with Crippen LogP contribution in [-0.2, 0) is 0 Å². The second-order valence-corrected chi connectivity index (χ2v) is 5.67. The van der Waals surface area contributed by atoms with Crippen LogP contribution in [0.5, 0.6) is 0 Å². The Labute approximate surface area is 122 Å². The first-order chi connectivity index (χ1) is 9.58. The highest BCUT2D eigenvalue weighted by atomic mass is 32.2. The summed E-state index contributed by atoms with van der Waals surface area (Å²) in [5.41, 5.74) is 6.16. The fourth-order valence-electron chi connectivity index (χ4n) is 2.36. The van der Waals surface area contributed by atoms with E-state index < -0.39 is 0 Å². The van der Waals surface area contributed by atoms with Crippen molar-refractivity contribution in [3.63, 3.8) is 0 Å². The molecule has 0 unspecified atom stereocenters. The van der Waals surface area contributed by atoms with Gasteiger partial charge in [-0.1, -0.05) is 35.5 Å². The third kappa shape index (κ3) is 2.18. The Kier molecular flexibility index (Phi) is 3.22. The van der Waals surface area contributed by atoms with E-state index in [2.05, 4.69) is 52.0 Å². The minimum absolute atomic E-state index is 0.733. The molecule has 2 aromatic heterocycles. The number of imidazole rings is 1. The van der Waals surface area contributed by atoms with Crippen molar-refractivity contribution >= 4 is 22.9 Å². The van der Waals surface area contributed by atoms with Gasteiger partial charge < -0.3 is 4.98 Å². The number of thioether (sulfide) groups is 1. The van der Waals surface area contributed by atoms with Gasteiger partial charge in [0.2, 0.25) is 0 Å². The Morgan fingerprint density at radius 3 is 2.55 bits per heavy atom. The molecule has 3 rings (SSSR count). The summed E-state index contributed by atoms with van der Waals surface area (Å²) in [6.07, 6.45) is 1.98. The number of hydrogen-bond acceptors (Lipinski definition) is 4. The number of benzene rings is 1. The van der Waals surface area contributed by atoms with Crippen LogP contribution in [0, 0.1) is 20.8 Å². The summed E-state index contributed by atoms with van der Waals surface area (Å²) < 4.78 is 0. The number of hydrogen-bond donors (Lipinski definition) is 1. The summed E-state index contributed by atoms with van der Waals surface area (Å²) in [6.45, 7) is 6.14. The van der Waals surface area contributed by atoms with Gasteiger partial charge in [0.05, 0.1) is 0 Å². The molecule has 0 bridgehead atoms. The Balaban J connectivity index is 2.33. The van der Waals surface area contributed by atoms with Gasteiger partial charge in [0.25, 0.3) is 0 Å². The second kappa shape index (κ2) is 4.90. The van der Waals surface area contributed by atoms with Crippen LogP contribution in [0.4, 0.5) is 0 Å². The van der Waals surface area contributed by atoms with Crippen molar-refractivity contribution in [2.45, 2.75) is 25.9 Å². The predicted molar refractivity (Wildman–Crippen MR) is 83.1 cm³/mol. The van der Waals surface area contributed by atoms with Gasteiger partial charge in [0.1, 0.15) is 17.0 Å². The summed E-state index contributed by atoms with van der Waals surface area (Å²) in [5.74, 6) is 0.860. The molecule has 0 radical (unpaired) electrons. The van der Waals surface area contributed by atoms with Crippen LogP contribution >= 0.6 is 11.8 Å². The first kappa shape index (κ1) is 13.1. The normalized spacial score (nSPS) is 11.2. The fourth-order valence-corrected chi connectivity index (χ4v) is 2.72. The lowest BCUT2D eigenvalue weighted by Gasteiger charge is -2.08. The van der Waals surface area contributed by atoms with E-state index in [9.17, 15) is 0 Å². The van der Waals surface area contributed by atoms with E-state index in [1.54, 1.807) is 0 Å². The molecule has 0 amide bonds. The van der Waals surface area contributed by atoms with Crippen molar-refractivity contribution in [1.82, 2.24) is 19.9 Å². The molecule has 2 heterocycles. The van der Waals surface area contributed by atoms with E-state index in [0.717, 1.165) is 33.4 Å². The Morgan fingerprint density at radius 2 is 1.85 bits per heavy atom. The smallest absolute Gasteiger partial charge is 0.190 e. The van der Waals surface area contributed by atoms with E-state index in [4.69, 9.17) is 0 Å². The Morgan fingerprint density at radius 1 is 1.05 bits per heavy atom. The van der Waals surface area contributed by atoms with Crippen LogP contribution in [0.1, 0.15) is 17.0 Å². The van der Waals surface area contributed by atoms with Gasteiger partial charge in [-0.3, -0.25) is 0 Å². The van der Waals surface area contributed by atoms with Gasteiger partial charge >= 0.3 is 0 Å². The lowest BCUT2D eigenvalue weighted by Crippen LogP contribution is -1.94. The van der Waals surface area contributed by atoms with Crippen LogP contribution < -0.4 is 0 Å². The van der Waals surface area contributed by atoms with Gasteiger partial charge in [-0.25, -0.2) is 15.0 Å². The van der Waals surface area contributed by atoms with Gasteiger partial charge in [-0.05, 0) is 32.6 Å². The molecule has 4 nitrogen and oxygen atoms in total. The lowest BCUT2D eigenvalue weighted by atomic mass is 10.0. The molecule has 20 heavy (non-hydrogen) atoms. The zero-order valence-electron chi connectivity index (χ0n) is 12.0. The highest BCUT2D eigenvalue weighted by Gasteiger charge is 2.14. The SMILES string of the molecule is CSc1nc(-c2ccc(C)cc2C)c2[nH]c(C)nc2n1. The molecule has 0 aliphatic carbocycles. The molecule has 1 N–H and O–H groups in total. The van der Waals surface area contributed by atoms with E-state index in [1.165, 1.54) is 22.9 Å². The molecule has 102 valence electrons. The summed E-state index contributed by atoms with van der Waals surface area (Å²) >= 11 is 1.53. The molecule has 0 spiro atoms. The number of nitrogens with one attached hydrogen (secondary N) is 1. The third-order valence-electron chi connectivity index (χ3n) is 3.27. The molecule has 0 saturated heterocycles. The Hall–Kier alpha value is -1.88. The first-order valence-electron chi connectivity index (χ1n) is 6.44. The maximum absolute atomic E-state index is 4.67. The number of aromatic amines is 1. The van der Waals surface area contributed by atoms with Crippen molar-refractivity contribution in [2.75, 3.05) is 6.26 Å². The molecule has 0 aliphatic rings. The summed E-state index contributed by atoms with van der Waals surface area (Å²) in [7, 11) is 0. The van der Waals surface area contributed by atoms with Crippen LogP contribution in [0.3, 0.4) is 0 Å². The molecule has 0 fully saturated rings. The largest absolute Gasteiger partial charge is 0.339 e. The summed E-state index contributed by atoms with van der Waals surface area (Å²) in [6, 6.07) is 6.40. The molecule has 0 aliphatic heterocycles. The lowest BCUT2D eigenvalue weighted by molar-refractivity contribution is 1.000. The molecule has 0 atom stereocenters. The molecular weight excluding hydrogens is 268 g/mol. The monoisotopic (exact) mass is 284 g/mol. The predicted octanol–water partition coefficient (Wildman–Crippen LogP) is 3.67. The van der Waals surface area contributed by atoms with Gasteiger partial charge in [0.15, 0.2) is 10.8 Å².